The van der Waals surface area contributed by atoms with Gasteiger partial charge in [-0.2, -0.15) is 0 Å². The minimum Gasteiger partial charge on any atom is -0.480 e. The zero-order valence-electron chi connectivity index (χ0n) is 13.8. The summed E-state index contributed by atoms with van der Waals surface area (Å²) < 4.78 is 5.94. The van der Waals surface area contributed by atoms with Crippen molar-refractivity contribution in [2.24, 2.45) is 0 Å². The number of carboxylic acid groups (broad SMARTS) is 1. The predicted molar refractivity (Wildman–Crippen MR) is 105 cm³/mol. The normalized spacial score (nSPS) is 11.7. The maximum absolute atomic E-state index is 11.8. The molecule has 1 atom stereocenters. The van der Waals surface area contributed by atoms with Gasteiger partial charge in [-0.25, -0.2) is 0 Å². The number of halogens is 1. The second-order valence-electron chi connectivity index (χ2n) is 5.63. The van der Waals surface area contributed by atoms with E-state index in [9.17, 15) is 9.90 Å². The van der Waals surface area contributed by atoms with Crippen LogP contribution in [-0.4, -0.2) is 16.3 Å². The highest BCUT2D eigenvalue weighted by atomic mass is 35.5. The first-order chi connectivity index (χ1) is 12.6. The van der Waals surface area contributed by atoms with Crippen molar-refractivity contribution in [3.63, 3.8) is 0 Å². The zero-order chi connectivity index (χ0) is 18.4. The molecular formula is C21H17ClO3S. The van der Waals surface area contributed by atoms with Gasteiger partial charge in [0.15, 0.2) is 0 Å². The second-order valence-corrected chi connectivity index (χ2v) is 7.34. The molecule has 0 unspecified atom stereocenters. The van der Waals surface area contributed by atoms with E-state index in [4.69, 9.17) is 16.3 Å². The highest BCUT2D eigenvalue weighted by Gasteiger charge is 2.21. The van der Waals surface area contributed by atoms with E-state index in [1.165, 1.54) is 11.8 Å². The Morgan fingerprint density at radius 1 is 0.962 bits per heavy atom. The molecule has 0 aromatic heterocycles. The second kappa shape index (κ2) is 8.79. The van der Waals surface area contributed by atoms with Gasteiger partial charge in [0.1, 0.15) is 16.7 Å². The first-order valence-corrected chi connectivity index (χ1v) is 9.33. The van der Waals surface area contributed by atoms with Crippen LogP contribution in [0.3, 0.4) is 0 Å². The lowest BCUT2D eigenvalue weighted by Crippen LogP contribution is -2.19. The van der Waals surface area contributed by atoms with E-state index in [-0.39, 0.29) is 0 Å². The summed E-state index contributed by atoms with van der Waals surface area (Å²) in [6.45, 7) is 0. The lowest BCUT2D eigenvalue weighted by molar-refractivity contribution is -0.136. The number of benzene rings is 3. The molecule has 0 saturated carbocycles. The van der Waals surface area contributed by atoms with Crippen molar-refractivity contribution >= 4 is 29.3 Å². The molecule has 0 amide bonds. The van der Waals surface area contributed by atoms with Crippen LogP contribution in [0.2, 0.25) is 5.02 Å². The third-order valence-electron chi connectivity index (χ3n) is 3.72. The molecule has 3 aromatic rings. The van der Waals surface area contributed by atoms with Crippen molar-refractivity contribution in [3.8, 4) is 11.5 Å². The summed E-state index contributed by atoms with van der Waals surface area (Å²) in [6, 6.07) is 24.1. The van der Waals surface area contributed by atoms with Crippen LogP contribution in [0.25, 0.3) is 0 Å². The number of thioether (sulfide) groups is 1. The largest absolute Gasteiger partial charge is 0.480 e. The maximum Gasteiger partial charge on any atom is 0.317 e. The Kier molecular flexibility index (Phi) is 6.21. The van der Waals surface area contributed by atoms with Crippen molar-refractivity contribution in [2.45, 2.75) is 16.6 Å². The number of carboxylic acids is 1. The summed E-state index contributed by atoms with van der Waals surface area (Å²) >= 11 is 7.20. The Morgan fingerprint density at radius 2 is 1.62 bits per heavy atom. The van der Waals surface area contributed by atoms with Gasteiger partial charge >= 0.3 is 5.97 Å². The molecule has 0 radical (unpaired) electrons. The van der Waals surface area contributed by atoms with Crippen LogP contribution < -0.4 is 4.74 Å². The lowest BCUT2D eigenvalue weighted by atomic mass is 10.1. The third kappa shape index (κ3) is 5.04. The summed E-state index contributed by atoms with van der Waals surface area (Å²) in [5.74, 6) is 0.526. The van der Waals surface area contributed by atoms with Crippen molar-refractivity contribution in [3.05, 3.63) is 89.4 Å². The number of hydrogen-bond donors (Lipinski definition) is 1. The monoisotopic (exact) mass is 384 g/mol. The number of ether oxygens (including phenoxy) is 1. The number of aliphatic carboxylic acids is 1. The number of hydrogen-bond acceptors (Lipinski definition) is 3. The fourth-order valence-corrected chi connectivity index (χ4v) is 3.56. The Balaban J connectivity index is 1.79. The van der Waals surface area contributed by atoms with Crippen molar-refractivity contribution in [1.82, 2.24) is 0 Å². The quantitative estimate of drug-likeness (QED) is 0.513. The summed E-state index contributed by atoms with van der Waals surface area (Å²) in [4.78, 5) is 12.6. The number of para-hydroxylation sites is 2. The molecule has 3 rings (SSSR count). The van der Waals surface area contributed by atoms with Gasteiger partial charge in [0.05, 0.1) is 0 Å². The van der Waals surface area contributed by atoms with Gasteiger partial charge in [-0.1, -0.05) is 48.0 Å². The molecule has 0 heterocycles. The molecule has 0 aliphatic rings. The van der Waals surface area contributed by atoms with Gasteiger partial charge in [-0.3, -0.25) is 4.79 Å². The molecule has 0 aliphatic carbocycles. The van der Waals surface area contributed by atoms with E-state index in [1.54, 1.807) is 12.1 Å². The van der Waals surface area contributed by atoms with Crippen LogP contribution in [-0.2, 0) is 11.2 Å². The summed E-state index contributed by atoms with van der Waals surface area (Å²) in [5.41, 5.74) is 0.852. The fraction of sp³-hybridized carbons (Fsp3) is 0.0952. The Hall–Kier alpha value is -2.43. The summed E-state index contributed by atoms with van der Waals surface area (Å²) in [6.07, 6.45) is 0.353. The van der Waals surface area contributed by atoms with Gasteiger partial charge in [0.25, 0.3) is 0 Å². The van der Waals surface area contributed by atoms with Crippen LogP contribution in [0.15, 0.2) is 83.8 Å². The van der Waals surface area contributed by atoms with Crippen LogP contribution >= 0.6 is 23.4 Å². The zero-order valence-corrected chi connectivity index (χ0v) is 15.4. The summed E-state index contributed by atoms with van der Waals surface area (Å²) in [7, 11) is 0. The van der Waals surface area contributed by atoms with Crippen LogP contribution in [0, 0.1) is 0 Å². The number of carbonyl (C=O) groups is 1. The van der Waals surface area contributed by atoms with Crippen LogP contribution in [0.1, 0.15) is 5.56 Å². The molecular weight excluding hydrogens is 368 g/mol. The SMILES string of the molecule is O=C(O)[C@@H](Cc1ccccc1Oc1ccccc1)Sc1ccc(Cl)cc1. The molecule has 132 valence electrons. The van der Waals surface area contributed by atoms with E-state index in [2.05, 4.69) is 0 Å². The first kappa shape index (κ1) is 18.4. The van der Waals surface area contributed by atoms with Crippen molar-refractivity contribution in [1.29, 1.82) is 0 Å². The summed E-state index contributed by atoms with van der Waals surface area (Å²) in [5, 5.41) is 9.64. The number of rotatable bonds is 7. The van der Waals surface area contributed by atoms with Gasteiger partial charge in [0.2, 0.25) is 0 Å². The third-order valence-corrected chi connectivity index (χ3v) is 5.17. The standard InChI is InChI=1S/C21H17ClO3S/c22-16-10-12-18(13-11-16)26-20(21(23)24)14-15-6-4-5-9-19(15)25-17-7-2-1-3-8-17/h1-13,20H,14H2,(H,23,24)/t20-/m1/s1. The predicted octanol–water partition coefficient (Wildman–Crippen LogP) is 5.92. The minimum absolute atomic E-state index is 0.353. The molecule has 0 spiro atoms. The average Bonchev–Trinajstić information content (AvgIpc) is 2.65. The molecule has 26 heavy (non-hydrogen) atoms. The van der Waals surface area contributed by atoms with E-state index in [1.807, 2.05) is 66.7 Å². The van der Waals surface area contributed by atoms with Gasteiger partial charge in [-0.15, -0.1) is 11.8 Å². The molecule has 1 N–H and O–H groups in total. The average molecular weight is 385 g/mol. The molecule has 0 aliphatic heterocycles. The highest BCUT2D eigenvalue weighted by molar-refractivity contribution is 8.00. The smallest absolute Gasteiger partial charge is 0.317 e. The van der Waals surface area contributed by atoms with E-state index in [0.717, 1.165) is 16.2 Å². The molecule has 0 bridgehead atoms. The topological polar surface area (TPSA) is 46.5 Å². The Labute approximate surface area is 161 Å². The highest BCUT2D eigenvalue weighted by Crippen LogP contribution is 2.31. The fourth-order valence-electron chi connectivity index (χ4n) is 2.44. The molecule has 0 saturated heterocycles. The Bertz CT molecular complexity index is 866. The first-order valence-electron chi connectivity index (χ1n) is 8.07. The lowest BCUT2D eigenvalue weighted by Gasteiger charge is -2.15. The molecule has 5 heteroatoms. The van der Waals surface area contributed by atoms with E-state index >= 15 is 0 Å². The van der Waals surface area contributed by atoms with Crippen molar-refractivity contribution in [2.75, 3.05) is 0 Å². The Morgan fingerprint density at radius 3 is 2.31 bits per heavy atom. The van der Waals surface area contributed by atoms with Crippen LogP contribution in [0.4, 0.5) is 0 Å². The van der Waals surface area contributed by atoms with Crippen LogP contribution in [0.5, 0.6) is 11.5 Å². The van der Waals surface area contributed by atoms with Gasteiger partial charge in [0, 0.05) is 9.92 Å². The minimum atomic E-state index is -0.862. The van der Waals surface area contributed by atoms with Gasteiger partial charge < -0.3 is 9.84 Å². The van der Waals surface area contributed by atoms with E-state index < -0.39 is 11.2 Å². The molecule has 3 nitrogen and oxygen atoms in total. The van der Waals surface area contributed by atoms with Gasteiger partial charge in [-0.05, 0) is 54.4 Å². The molecule has 0 fully saturated rings. The van der Waals surface area contributed by atoms with Crippen molar-refractivity contribution < 1.29 is 14.6 Å². The van der Waals surface area contributed by atoms with E-state index in [0.29, 0.717) is 17.2 Å². The molecule has 3 aromatic carbocycles. The maximum atomic E-state index is 11.8.